The predicted octanol–water partition coefficient (Wildman–Crippen LogP) is 5.48. The molecule has 0 bridgehead atoms. The molecule has 0 heterocycles. The molecule has 1 unspecified atom stereocenters. The van der Waals surface area contributed by atoms with Crippen LogP contribution in [0.1, 0.15) is 41.5 Å². The van der Waals surface area contributed by atoms with Gasteiger partial charge < -0.3 is 0 Å². The van der Waals surface area contributed by atoms with Crippen molar-refractivity contribution in [2.24, 2.45) is 0 Å². The molecule has 0 nitrogen and oxygen atoms in total. The Hall–Kier alpha value is -2.08. The van der Waals surface area contributed by atoms with Crippen LogP contribution in [0.4, 0.5) is 0 Å². The maximum Gasteiger partial charge on any atom is 0.00928 e. The van der Waals surface area contributed by atoms with E-state index in [9.17, 15) is 0 Å². The highest BCUT2D eigenvalue weighted by molar-refractivity contribution is 5.93. The van der Waals surface area contributed by atoms with Crippen molar-refractivity contribution in [2.75, 3.05) is 0 Å². The van der Waals surface area contributed by atoms with Gasteiger partial charge in [-0.1, -0.05) is 67.6 Å². The number of hydrogen-bond acceptors (Lipinski definition) is 0. The summed E-state index contributed by atoms with van der Waals surface area (Å²) in [7, 11) is 0. The fourth-order valence-electron chi connectivity index (χ4n) is 3.89. The summed E-state index contributed by atoms with van der Waals surface area (Å²) in [6, 6.07) is 22.5. The zero-order chi connectivity index (χ0) is 14.2. The molecule has 0 aromatic heterocycles. The van der Waals surface area contributed by atoms with Crippen LogP contribution in [0.3, 0.4) is 0 Å². The molecule has 0 amide bonds. The third-order valence-corrected chi connectivity index (χ3v) is 4.90. The second kappa shape index (κ2) is 5.04. The second-order valence-electron chi connectivity index (χ2n) is 6.03. The van der Waals surface area contributed by atoms with E-state index in [4.69, 9.17) is 0 Å². The Balaban J connectivity index is 1.95. The van der Waals surface area contributed by atoms with E-state index in [1.54, 1.807) is 0 Å². The molecule has 0 saturated carbocycles. The Morgan fingerprint density at radius 3 is 2.33 bits per heavy atom. The van der Waals surface area contributed by atoms with E-state index in [2.05, 4.69) is 67.6 Å². The zero-order valence-corrected chi connectivity index (χ0v) is 12.5. The van der Waals surface area contributed by atoms with Gasteiger partial charge in [0, 0.05) is 5.92 Å². The average molecular weight is 272 g/mol. The molecule has 0 heteroatoms. The monoisotopic (exact) mass is 272 g/mol. The molecule has 104 valence electrons. The van der Waals surface area contributed by atoms with Crippen molar-refractivity contribution >= 4 is 10.8 Å². The van der Waals surface area contributed by atoms with Gasteiger partial charge in [-0.15, -0.1) is 0 Å². The lowest BCUT2D eigenvalue weighted by molar-refractivity contribution is 0.783. The van der Waals surface area contributed by atoms with Gasteiger partial charge in [-0.05, 0) is 52.3 Å². The van der Waals surface area contributed by atoms with Crippen molar-refractivity contribution in [3.8, 4) is 0 Å². The minimum Gasteiger partial charge on any atom is -0.0645 e. The van der Waals surface area contributed by atoms with Crippen LogP contribution >= 0.6 is 0 Å². The zero-order valence-electron chi connectivity index (χ0n) is 12.5. The van der Waals surface area contributed by atoms with Gasteiger partial charge in [-0.25, -0.2) is 0 Å². The minimum absolute atomic E-state index is 0.496. The van der Waals surface area contributed by atoms with Gasteiger partial charge in [0.05, 0.1) is 0 Å². The van der Waals surface area contributed by atoms with Gasteiger partial charge in [0.25, 0.3) is 0 Å². The largest absolute Gasteiger partial charge is 0.0645 e. The van der Waals surface area contributed by atoms with Crippen molar-refractivity contribution in [1.29, 1.82) is 0 Å². The molecule has 1 atom stereocenters. The summed E-state index contributed by atoms with van der Waals surface area (Å²) in [5.41, 5.74) is 5.99. The van der Waals surface area contributed by atoms with Crippen molar-refractivity contribution < 1.29 is 0 Å². The standard InChI is InChI=1S/C21H20/c1-2-18(15-7-4-3-5-8-15)19-14-13-17-12-11-16-9-6-10-20(19)21(16)17/h3-10,13-14,18H,2,11-12H2,1H3. The van der Waals surface area contributed by atoms with Crippen LogP contribution in [0.15, 0.2) is 60.7 Å². The van der Waals surface area contributed by atoms with Crippen LogP contribution in [-0.2, 0) is 12.8 Å². The van der Waals surface area contributed by atoms with Gasteiger partial charge in [0.15, 0.2) is 0 Å². The SMILES string of the molecule is CCC(c1ccccc1)c1ccc2c3c(cccc13)CC2. The molecule has 0 N–H and O–H groups in total. The average Bonchev–Trinajstić information content (AvgIpc) is 2.96. The van der Waals surface area contributed by atoms with Crippen LogP contribution in [0.2, 0.25) is 0 Å². The van der Waals surface area contributed by atoms with Gasteiger partial charge >= 0.3 is 0 Å². The number of aryl methyl sites for hydroxylation is 2. The normalized spacial score (nSPS) is 14.5. The molecule has 1 aliphatic carbocycles. The molecule has 0 aliphatic heterocycles. The lowest BCUT2D eigenvalue weighted by atomic mass is 9.85. The molecular weight excluding hydrogens is 252 g/mol. The predicted molar refractivity (Wildman–Crippen MR) is 89.9 cm³/mol. The molecule has 1 aliphatic rings. The smallest absolute Gasteiger partial charge is 0.00928 e. The quantitative estimate of drug-likeness (QED) is 0.592. The third-order valence-electron chi connectivity index (χ3n) is 4.90. The Bertz CT molecular complexity index is 773. The topological polar surface area (TPSA) is 0 Å². The van der Waals surface area contributed by atoms with Crippen LogP contribution in [-0.4, -0.2) is 0 Å². The summed E-state index contributed by atoms with van der Waals surface area (Å²) in [5, 5.41) is 3.00. The van der Waals surface area contributed by atoms with Crippen LogP contribution in [0, 0.1) is 0 Å². The number of benzene rings is 3. The van der Waals surface area contributed by atoms with Crippen LogP contribution in [0.25, 0.3) is 10.8 Å². The lowest BCUT2D eigenvalue weighted by Crippen LogP contribution is -2.01. The summed E-state index contributed by atoms with van der Waals surface area (Å²) in [6.07, 6.45) is 3.55. The van der Waals surface area contributed by atoms with Crippen LogP contribution < -0.4 is 0 Å². The molecule has 21 heavy (non-hydrogen) atoms. The minimum atomic E-state index is 0.496. The molecule has 0 fully saturated rings. The Kier molecular flexibility index (Phi) is 3.03. The van der Waals surface area contributed by atoms with E-state index in [0.29, 0.717) is 5.92 Å². The molecule has 3 aromatic carbocycles. The first-order valence-corrected chi connectivity index (χ1v) is 7.97. The highest BCUT2D eigenvalue weighted by Gasteiger charge is 2.20. The second-order valence-corrected chi connectivity index (χ2v) is 6.03. The first-order chi connectivity index (χ1) is 10.4. The van der Waals surface area contributed by atoms with Gasteiger partial charge in [0.1, 0.15) is 0 Å². The summed E-state index contributed by atoms with van der Waals surface area (Å²) in [5.74, 6) is 0.496. The third kappa shape index (κ3) is 1.98. The van der Waals surface area contributed by atoms with E-state index in [-0.39, 0.29) is 0 Å². The van der Waals surface area contributed by atoms with Gasteiger partial charge in [-0.2, -0.15) is 0 Å². The summed E-state index contributed by atoms with van der Waals surface area (Å²) in [6.45, 7) is 2.29. The molecular formula is C21H20. The Labute approximate surface area is 126 Å². The van der Waals surface area contributed by atoms with E-state index in [0.717, 1.165) is 6.42 Å². The summed E-state index contributed by atoms with van der Waals surface area (Å²) in [4.78, 5) is 0. The Morgan fingerprint density at radius 2 is 1.57 bits per heavy atom. The van der Waals surface area contributed by atoms with E-state index in [1.165, 1.54) is 45.9 Å². The first kappa shape index (κ1) is 12.6. The lowest BCUT2D eigenvalue weighted by Gasteiger charge is -2.19. The molecule has 3 aromatic rings. The maximum atomic E-state index is 2.37. The fraction of sp³-hybridized carbons (Fsp3) is 0.238. The summed E-state index contributed by atoms with van der Waals surface area (Å²) < 4.78 is 0. The molecule has 0 radical (unpaired) electrons. The molecule has 0 saturated heterocycles. The fourth-order valence-corrected chi connectivity index (χ4v) is 3.89. The van der Waals surface area contributed by atoms with E-state index >= 15 is 0 Å². The number of rotatable bonds is 3. The first-order valence-electron chi connectivity index (χ1n) is 7.97. The molecule has 4 rings (SSSR count). The van der Waals surface area contributed by atoms with Crippen LogP contribution in [0.5, 0.6) is 0 Å². The van der Waals surface area contributed by atoms with Crippen molar-refractivity contribution in [3.63, 3.8) is 0 Å². The summed E-state index contributed by atoms with van der Waals surface area (Å²) >= 11 is 0. The molecule has 0 spiro atoms. The van der Waals surface area contributed by atoms with E-state index < -0.39 is 0 Å². The van der Waals surface area contributed by atoms with E-state index in [1.807, 2.05) is 0 Å². The van der Waals surface area contributed by atoms with Gasteiger partial charge in [-0.3, -0.25) is 0 Å². The maximum absolute atomic E-state index is 2.37. The highest BCUT2D eigenvalue weighted by Crippen LogP contribution is 2.38. The Morgan fingerprint density at radius 1 is 0.810 bits per heavy atom. The van der Waals surface area contributed by atoms with Crippen molar-refractivity contribution in [2.45, 2.75) is 32.1 Å². The number of hydrogen-bond donors (Lipinski definition) is 0. The highest BCUT2D eigenvalue weighted by atomic mass is 14.2. The van der Waals surface area contributed by atoms with Crippen molar-refractivity contribution in [3.05, 3.63) is 82.9 Å². The van der Waals surface area contributed by atoms with Crippen molar-refractivity contribution in [1.82, 2.24) is 0 Å². The van der Waals surface area contributed by atoms with Gasteiger partial charge in [0.2, 0.25) is 0 Å².